The Balaban J connectivity index is 1.37. The van der Waals surface area contributed by atoms with Gasteiger partial charge in [-0.25, -0.2) is 4.79 Å². The lowest BCUT2D eigenvalue weighted by atomic mass is 10.1. The van der Waals surface area contributed by atoms with Crippen molar-refractivity contribution in [3.05, 3.63) is 70.8 Å². The second-order valence-electron chi connectivity index (χ2n) is 5.94. The van der Waals surface area contributed by atoms with E-state index in [0.717, 1.165) is 27.6 Å². The molecule has 0 bridgehead atoms. The zero-order chi connectivity index (χ0) is 19.3. The molecule has 7 heteroatoms. The Kier molecular flexibility index (Phi) is 5.16. The van der Waals surface area contributed by atoms with Gasteiger partial charge in [-0.2, -0.15) is 16.3 Å². The van der Waals surface area contributed by atoms with Crippen molar-refractivity contribution in [2.24, 2.45) is 0 Å². The van der Waals surface area contributed by atoms with Gasteiger partial charge in [-0.05, 0) is 52.1 Å². The number of methoxy groups -OCH3 is 1. The smallest absolute Gasteiger partial charge is 0.331 e. The molecule has 4 aromatic rings. The first kappa shape index (κ1) is 17.9. The molecule has 2 aromatic carbocycles. The van der Waals surface area contributed by atoms with Crippen LogP contribution in [0.15, 0.2) is 63.8 Å². The first-order valence-corrected chi connectivity index (χ1v) is 9.43. The van der Waals surface area contributed by atoms with E-state index in [0.29, 0.717) is 5.82 Å². The number of benzene rings is 2. The molecule has 0 saturated heterocycles. The molecule has 0 aliphatic carbocycles. The highest BCUT2D eigenvalue weighted by molar-refractivity contribution is 7.08. The number of carbonyl (C=O) groups is 1. The summed E-state index contributed by atoms with van der Waals surface area (Å²) in [7, 11) is 1.64. The van der Waals surface area contributed by atoms with Gasteiger partial charge in [0.2, 0.25) is 5.82 Å². The Labute approximate surface area is 165 Å². The van der Waals surface area contributed by atoms with Crippen LogP contribution in [0.25, 0.3) is 28.2 Å². The summed E-state index contributed by atoms with van der Waals surface area (Å²) in [4.78, 5) is 16.2. The fourth-order valence-electron chi connectivity index (χ4n) is 2.64. The zero-order valence-corrected chi connectivity index (χ0v) is 15.8. The lowest BCUT2D eigenvalue weighted by Crippen LogP contribution is -2.00. The van der Waals surface area contributed by atoms with Crippen molar-refractivity contribution in [1.82, 2.24) is 10.1 Å². The zero-order valence-electron chi connectivity index (χ0n) is 15.0. The number of carbonyl (C=O) groups excluding carboxylic acids is 1. The van der Waals surface area contributed by atoms with Crippen molar-refractivity contribution in [3.8, 4) is 17.1 Å². The molecule has 0 unspecified atom stereocenters. The lowest BCUT2D eigenvalue weighted by Gasteiger charge is -2.03. The molecule has 0 saturated carbocycles. The molecular weight excluding hydrogens is 376 g/mol. The van der Waals surface area contributed by atoms with E-state index in [1.807, 2.05) is 53.2 Å². The molecule has 2 heterocycles. The van der Waals surface area contributed by atoms with Crippen LogP contribution in [0.1, 0.15) is 11.5 Å². The van der Waals surface area contributed by atoms with E-state index in [-0.39, 0.29) is 12.5 Å². The van der Waals surface area contributed by atoms with Crippen LogP contribution in [0.4, 0.5) is 0 Å². The number of hydrogen-bond donors (Lipinski definition) is 0. The van der Waals surface area contributed by atoms with Crippen LogP contribution in [0.3, 0.4) is 0 Å². The molecule has 0 atom stereocenters. The maximum absolute atomic E-state index is 12.0. The predicted molar refractivity (Wildman–Crippen MR) is 107 cm³/mol. The quantitative estimate of drug-likeness (QED) is 0.349. The molecule has 28 heavy (non-hydrogen) atoms. The van der Waals surface area contributed by atoms with Crippen molar-refractivity contribution in [2.45, 2.75) is 6.61 Å². The summed E-state index contributed by atoms with van der Waals surface area (Å²) >= 11 is 1.55. The third-order valence-corrected chi connectivity index (χ3v) is 4.75. The number of nitrogens with zero attached hydrogens (tertiary/aromatic N) is 2. The highest BCUT2D eigenvalue weighted by Crippen LogP contribution is 2.22. The fourth-order valence-corrected chi connectivity index (χ4v) is 3.27. The largest absolute Gasteiger partial charge is 0.497 e. The van der Waals surface area contributed by atoms with Crippen molar-refractivity contribution in [1.29, 1.82) is 0 Å². The van der Waals surface area contributed by atoms with Crippen LogP contribution < -0.4 is 4.74 Å². The third-order valence-electron chi connectivity index (χ3n) is 4.07. The Hall–Kier alpha value is -3.45. The fraction of sp³-hybridized carbons (Fsp3) is 0.0952. The van der Waals surface area contributed by atoms with Gasteiger partial charge in [-0.3, -0.25) is 0 Å². The van der Waals surface area contributed by atoms with E-state index >= 15 is 0 Å². The summed E-state index contributed by atoms with van der Waals surface area (Å²) in [5.41, 5.74) is 1.77. The van der Waals surface area contributed by atoms with E-state index in [1.165, 1.54) is 6.08 Å². The molecule has 0 radical (unpaired) electrons. The number of rotatable bonds is 6. The summed E-state index contributed by atoms with van der Waals surface area (Å²) in [5.74, 6) is 1.06. The van der Waals surface area contributed by atoms with Crippen LogP contribution in [0.5, 0.6) is 5.75 Å². The van der Waals surface area contributed by atoms with Crippen molar-refractivity contribution in [3.63, 3.8) is 0 Å². The van der Waals surface area contributed by atoms with E-state index in [1.54, 1.807) is 24.5 Å². The predicted octanol–water partition coefficient (Wildman–Crippen LogP) is 4.72. The summed E-state index contributed by atoms with van der Waals surface area (Å²) in [6.45, 7) is -0.0716. The minimum atomic E-state index is -0.481. The molecule has 0 spiro atoms. The summed E-state index contributed by atoms with van der Waals surface area (Å²) in [6.07, 6.45) is 3.08. The van der Waals surface area contributed by atoms with Gasteiger partial charge in [-0.1, -0.05) is 23.4 Å². The topological polar surface area (TPSA) is 74.5 Å². The van der Waals surface area contributed by atoms with E-state index in [4.69, 9.17) is 14.0 Å². The number of aromatic nitrogens is 2. The normalized spacial score (nSPS) is 11.2. The van der Waals surface area contributed by atoms with Gasteiger partial charge in [0.1, 0.15) is 5.75 Å². The average Bonchev–Trinajstić information content (AvgIpc) is 3.41. The number of thiophene rings is 1. The van der Waals surface area contributed by atoms with Gasteiger partial charge < -0.3 is 14.0 Å². The molecular formula is C21H16N2O4S. The second kappa shape index (κ2) is 8.06. The van der Waals surface area contributed by atoms with Gasteiger partial charge in [0.25, 0.3) is 5.89 Å². The molecule has 6 nitrogen and oxygen atoms in total. The van der Waals surface area contributed by atoms with E-state index in [9.17, 15) is 4.79 Å². The summed E-state index contributed by atoms with van der Waals surface area (Å²) < 4.78 is 15.5. The molecule has 2 aromatic heterocycles. The molecule has 0 aliphatic rings. The summed E-state index contributed by atoms with van der Waals surface area (Å²) in [6, 6.07) is 13.6. The number of hydrogen-bond acceptors (Lipinski definition) is 7. The number of fused-ring (bicyclic) bond motifs is 1. The monoisotopic (exact) mass is 392 g/mol. The minimum absolute atomic E-state index is 0.0716. The Morgan fingerprint density at radius 1 is 1.18 bits per heavy atom. The van der Waals surface area contributed by atoms with E-state index < -0.39 is 5.97 Å². The average molecular weight is 392 g/mol. The van der Waals surface area contributed by atoms with Gasteiger partial charge in [0.15, 0.2) is 6.61 Å². The molecule has 0 fully saturated rings. The SMILES string of the molecule is COc1ccc2cc(/C=C/C(=O)OCc3nc(-c4ccsc4)no3)ccc2c1. The highest BCUT2D eigenvalue weighted by atomic mass is 32.1. The van der Waals surface area contributed by atoms with E-state index in [2.05, 4.69) is 10.1 Å². The van der Waals surface area contributed by atoms with Crippen LogP contribution in [0, 0.1) is 0 Å². The lowest BCUT2D eigenvalue weighted by molar-refractivity contribution is -0.139. The van der Waals surface area contributed by atoms with Gasteiger partial charge in [0.05, 0.1) is 7.11 Å². The minimum Gasteiger partial charge on any atom is -0.497 e. The van der Waals surface area contributed by atoms with Crippen LogP contribution in [-0.2, 0) is 16.1 Å². The first-order valence-electron chi connectivity index (χ1n) is 8.49. The first-order chi connectivity index (χ1) is 13.7. The van der Waals surface area contributed by atoms with Crippen molar-refractivity contribution in [2.75, 3.05) is 7.11 Å². The molecule has 0 aliphatic heterocycles. The number of ether oxygens (including phenoxy) is 2. The van der Waals surface area contributed by atoms with Gasteiger partial charge >= 0.3 is 5.97 Å². The molecule has 0 N–H and O–H groups in total. The molecule has 0 amide bonds. The van der Waals surface area contributed by atoms with Crippen molar-refractivity contribution < 1.29 is 18.8 Å². The Morgan fingerprint density at radius 3 is 2.86 bits per heavy atom. The van der Waals surface area contributed by atoms with Gasteiger partial charge in [0, 0.05) is 17.0 Å². The van der Waals surface area contributed by atoms with Crippen LogP contribution in [0.2, 0.25) is 0 Å². The highest BCUT2D eigenvalue weighted by Gasteiger charge is 2.10. The van der Waals surface area contributed by atoms with Crippen LogP contribution in [-0.4, -0.2) is 23.2 Å². The van der Waals surface area contributed by atoms with Crippen molar-refractivity contribution >= 4 is 34.2 Å². The second-order valence-corrected chi connectivity index (χ2v) is 6.72. The standard InChI is InChI=1S/C21H16N2O4S/c1-25-18-6-5-15-10-14(2-4-16(15)11-18)3-7-20(24)26-12-19-22-21(23-27-19)17-8-9-28-13-17/h2-11,13H,12H2,1H3/b7-3+. The molecule has 140 valence electrons. The van der Waals surface area contributed by atoms with Gasteiger partial charge in [-0.15, -0.1) is 0 Å². The Morgan fingerprint density at radius 2 is 2.04 bits per heavy atom. The maximum atomic E-state index is 12.0. The molecule has 4 rings (SSSR count). The summed E-state index contributed by atoms with van der Waals surface area (Å²) in [5, 5.41) is 9.85. The Bertz CT molecular complexity index is 1130. The number of esters is 1. The van der Waals surface area contributed by atoms with Crippen LogP contribution >= 0.6 is 11.3 Å². The maximum Gasteiger partial charge on any atom is 0.331 e. The third kappa shape index (κ3) is 4.10.